The van der Waals surface area contributed by atoms with Gasteiger partial charge in [0.05, 0.1) is 7.11 Å². The highest BCUT2D eigenvalue weighted by atomic mass is 19.1. The van der Waals surface area contributed by atoms with E-state index in [0.717, 1.165) is 30.9 Å². The van der Waals surface area contributed by atoms with Gasteiger partial charge >= 0.3 is 11.9 Å². The molecular weight excluding hydrogens is 395 g/mol. The summed E-state index contributed by atoms with van der Waals surface area (Å²) in [4.78, 5) is 34.8. The number of benzene rings is 2. The van der Waals surface area contributed by atoms with Gasteiger partial charge < -0.3 is 19.8 Å². The molecule has 9 heteroatoms. The number of rotatable bonds is 4. The van der Waals surface area contributed by atoms with Gasteiger partial charge in [-0.15, -0.1) is 0 Å². The average molecular weight is 418 g/mol. The lowest BCUT2D eigenvalue weighted by Crippen LogP contribution is -2.48. The van der Waals surface area contributed by atoms with Gasteiger partial charge in [-0.1, -0.05) is 18.2 Å². The third-order valence-electron chi connectivity index (χ3n) is 4.52. The number of para-hydroxylation sites is 1. The standard InChI is InChI=1S/C19H21FN2O2.C2H2O4/c1-24-18-5-3-2-4-16(18)14-21-10-12-22(13-11-21)19(23)15-6-8-17(20)9-7-15;3-1(4)2(5)6/h2-9H,10-14H2,1H3;(H,3,4)(H,5,6). The first-order chi connectivity index (χ1) is 14.3. The number of halogens is 1. The van der Waals surface area contributed by atoms with Gasteiger partial charge in [0.25, 0.3) is 5.91 Å². The molecule has 0 radical (unpaired) electrons. The number of carboxylic acid groups (broad SMARTS) is 2. The summed E-state index contributed by atoms with van der Waals surface area (Å²) in [5, 5.41) is 14.8. The highest BCUT2D eigenvalue weighted by Gasteiger charge is 2.22. The molecule has 0 aliphatic carbocycles. The number of aliphatic carboxylic acids is 2. The number of carbonyl (C=O) groups excluding carboxylic acids is 1. The van der Waals surface area contributed by atoms with E-state index in [-0.39, 0.29) is 11.7 Å². The lowest BCUT2D eigenvalue weighted by Gasteiger charge is -2.35. The lowest BCUT2D eigenvalue weighted by molar-refractivity contribution is -0.159. The van der Waals surface area contributed by atoms with Crippen LogP contribution in [-0.2, 0) is 16.1 Å². The van der Waals surface area contributed by atoms with E-state index in [4.69, 9.17) is 24.5 Å². The topological polar surface area (TPSA) is 107 Å². The second-order valence-corrected chi connectivity index (χ2v) is 6.50. The van der Waals surface area contributed by atoms with Crippen molar-refractivity contribution >= 4 is 17.8 Å². The summed E-state index contributed by atoms with van der Waals surface area (Å²) in [7, 11) is 1.68. The Morgan fingerprint density at radius 3 is 2.03 bits per heavy atom. The SMILES string of the molecule is COc1ccccc1CN1CCN(C(=O)c2ccc(F)cc2)CC1.O=C(O)C(=O)O. The molecule has 8 nitrogen and oxygen atoms in total. The third kappa shape index (κ3) is 6.56. The number of ether oxygens (including phenoxy) is 1. The number of nitrogens with zero attached hydrogens (tertiary/aromatic N) is 2. The van der Waals surface area contributed by atoms with Gasteiger partial charge in [0, 0.05) is 43.9 Å². The van der Waals surface area contributed by atoms with Crippen molar-refractivity contribution in [2.75, 3.05) is 33.3 Å². The van der Waals surface area contributed by atoms with Crippen LogP contribution in [0.3, 0.4) is 0 Å². The summed E-state index contributed by atoms with van der Waals surface area (Å²) < 4.78 is 18.4. The summed E-state index contributed by atoms with van der Waals surface area (Å²) in [5.41, 5.74) is 1.69. The number of hydrogen-bond donors (Lipinski definition) is 2. The fourth-order valence-electron chi connectivity index (χ4n) is 2.96. The smallest absolute Gasteiger partial charge is 0.414 e. The largest absolute Gasteiger partial charge is 0.496 e. The maximum atomic E-state index is 13.0. The minimum atomic E-state index is -1.82. The first kappa shape index (κ1) is 22.8. The van der Waals surface area contributed by atoms with Crippen molar-refractivity contribution < 1.29 is 33.7 Å². The Bertz CT molecular complexity index is 867. The third-order valence-corrected chi connectivity index (χ3v) is 4.52. The van der Waals surface area contributed by atoms with E-state index in [9.17, 15) is 9.18 Å². The summed E-state index contributed by atoms with van der Waals surface area (Å²) in [6.07, 6.45) is 0. The maximum absolute atomic E-state index is 13.0. The number of methoxy groups -OCH3 is 1. The van der Waals surface area contributed by atoms with Crippen LogP contribution < -0.4 is 4.74 Å². The number of piperazine rings is 1. The Morgan fingerprint density at radius 2 is 1.50 bits per heavy atom. The van der Waals surface area contributed by atoms with Crippen LogP contribution in [-0.4, -0.2) is 71.1 Å². The fourth-order valence-corrected chi connectivity index (χ4v) is 2.96. The molecule has 30 heavy (non-hydrogen) atoms. The molecule has 1 aliphatic heterocycles. The van der Waals surface area contributed by atoms with E-state index in [1.165, 1.54) is 12.1 Å². The number of hydrogen-bond acceptors (Lipinski definition) is 5. The Morgan fingerprint density at radius 1 is 0.933 bits per heavy atom. The van der Waals surface area contributed by atoms with Crippen molar-refractivity contribution in [3.05, 3.63) is 65.5 Å². The van der Waals surface area contributed by atoms with Crippen LogP contribution in [0.5, 0.6) is 5.75 Å². The second-order valence-electron chi connectivity index (χ2n) is 6.50. The molecule has 160 valence electrons. The first-order valence-corrected chi connectivity index (χ1v) is 9.17. The Labute approximate surface area is 173 Å². The van der Waals surface area contributed by atoms with Gasteiger partial charge in [-0.3, -0.25) is 9.69 Å². The summed E-state index contributed by atoms with van der Waals surface area (Å²) in [6, 6.07) is 13.7. The molecular formula is C21H23FN2O6. The molecule has 1 heterocycles. The molecule has 3 rings (SSSR count). The van der Waals surface area contributed by atoms with E-state index in [1.807, 2.05) is 23.1 Å². The van der Waals surface area contributed by atoms with E-state index >= 15 is 0 Å². The molecule has 0 unspecified atom stereocenters. The minimum Gasteiger partial charge on any atom is -0.496 e. The van der Waals surface area contributed by atoms with Crippen LogP contribution in [0.4, 0.5) is 4.39 Å². The van der Waals surface area contributed by atoms with Crippen LogP contribution in [0, 0.1) is 5.82 Å². The van der Waals surface area contributed by atoms with Crippen molar-refractivity contribution in [1.82, 2.24) is 9.80 Å². The predicted octanol–water partition coefficient (Wildman–Crippen LogP) is 1.95. The molecule has 2 aromatic carbocycles. The summed E-state index contributed by atoms with van der Waals surface area (Å²) in [6.45, 7) is 3.77. The van der Waals surface area contributed by atoms with Crippen LogP contribution in [0.2, 0.25) is 0 Å². The number of carbonyl (C=O) groups is 3. The molecule has 0 spiro atoms. The highest BCUT2D eigenvalue weighted by Crippen LogP contribution is 2.20. The van der Waals surface area contributed by atoms with Gasteiger partial charge in [0.15, 0.2) is 0 Å². The number of amides is 1. The Kier molecular flexibility index (Phi) is 8.30. The van der Waals surface area contributed by atoms with Gasteiger partial charge in [-0.25, -0.2) is 14.0 Å². The van der Waals surface area contributed by atoms with Gasteiger partial charge in [0.1, 0.15) is 11.6 Å². The molecule has 2 N–H and O–H groups in total. The van der Waals surface area contributed by atoms with Gasteiger partial charge in [-0.05, 0) is 30.3 Å². The van der Waals surface area contributed by atoms with Crippen LogP contribution in [0.15, 0.2) is 48.5 Å². The molecule has 1 aliphatic rings. The monoisotopic (exact) mass is 418 g/mol. The van der Waals surface area contributed by atoms with E-state index in [0.29, 0.717) is 18.7 Å². The molecule has 0 bridgehead atoms. The first-order valence-electron chi connectivity index (χ1n) is 9.17. The fraction of sp³-hybridized carbons (Fsp3) is 0.286. The van der Waals surface area contributed by atoms with E-state index < -0.39 is 11.9 Å². The van der Waals surface area contributed by atoms with Crippen molar-refractivity contribution in [2.45, 2.75) is 6.54 Å². The van der Waals surface area contributed by atoms with Crippen molar-refractivity contribution in [2.24, 2.45) is 0 Å². The molecule has 1 fully saturated rings. The normalized spacial score (nSPS) is 13.7. The predicted molar refractivity (Wildman–Crippen MR) is 106 cm³/mol. The van der Waals surface area contributed by atoms with Crippen LogP contribution in [0.25, 0.3) is 0 Å². The Hall–Kier alpha value is -3.46. The molecule has 0 aromatic heterocycles. The number of carboxylic acids is 2. The minimum absolute atomic E-state index is 0.0352. The molecule has 0 saturated carbocycles. The zero-order valence-electron chi connectivity index (χ0n) is 16.5. The zero-order valence-corrected chi connectivity index (χ0v) is 16.5. The van der Waals surface area contributed by atoms with Crippen molar-refractivity contribution in [3.63, 3.8) is 0 Å². The quantitative estimate of drug-likeness (QED) is 0.731. The summed E-state index contributed by atoms with van der Waals surface area (Å²) in [5.74, 6) is -3.12. The van der Waals surface area contributed by atoms with Gasteiger partial charge in [-0.2, -0.15) is 0 Å². The van der Waals surface area contributed by atoms with Crippen molar-refractivity contribution in [1.29, 1.82) is 0 Å². The van der Waals surface area contributed by atoms with Crippen LogP contribution in [0.1, 0.15) is 15.9 Å². The molecule has 2 aromatic rings. The molecule has 0 atom stereocenters. The Balaban J connectivity index is 0.000000469. The lowest BCUT2D eigenvalue weighted by atomic mass is 10.1. The van der Waals surface area contributed by atoms with Crippen LogP contribution >= 0.6 is 0 Å². The summed E-state index contributed by atoms with van der Waals surface area (Å²) >= 11 is 0. The average Bonchev–Trinajstić information content (AvgIpc) is 2.75. The molecule has 1 amide bonds. The maximum Gasteiger partial charge on any atom is 0.414 e. The molecule has 1 saturated heterocycles. The van der Waals surface area contributed by atoms with Gasteiger partial charge in [0.2, 0.25) is 0 Å². The van der Waals surface area contributed by atoms with Crippen molar-refractivity contribution in [3.8, 4) is 5.75 Å². The highest BCUT2D eigenvalue weighted by molar-refractivity contribution is 6.27. The van der Waals surface area contributed by atoms with E-state index in [2.05, 4.69) is 11.0 Å². The van der Waals surface area contributed by atoms with E-state index in [1.54, 1.807) is 19.2 Å². The zero-order chi connectivity index (χ0) is 22.1. The second kappa shape index (κ2) is 10.9.